The minimum absolute atomic E-state index is 0.0635. The second kappa shape index (κ2) is 7.00. The van der Waals surface area contributed by atoms with Gasteiger partial charge in [0.15, 0.2) is 5.78 Å². The maximum absolute atomic E-state index is 13.2. The zero-order valence-electron chi connectivity index (χ0n) is 18.3. The summed E-state index contributed by atoms with van der Waals surface area (Å²) < 4.78 is 1.63. The van der Waals surface area contributed by atoms with E-state index in [1.165, 1.54) is 6.92 Å². The molecule has 2 aliphatic rings. The summed E-state index contributed by atoms with van der Waals surface area (Å²) in [5.41, 5.74) is 2.74. The maximum atomic E-state index is 13.2. The Morgan fingerprint density at radius 2 is 1.97 bits per heavy atom. The van der Waals surface area contributed by atoms with Crippen LogP contribution in [0.2, 0.25) is 0 Å². The first kappa shape index (κ1) is 19.9. The molecule has 0 bridgehead atoms. The molecule has 31 heavy (non-hydrogen) atoms. The van der Waals surface area contributed by atoms with E-state index < -0.39 is 0 Å². The fourth-order valence-electron chi connectivity index (χ4n) is 4.99. The number of carbonyl (C=O) groups is 2. The lowest BCUT2D eigenvalue weighted by Gasteiger charge is -2.26. The van der Waals surface area contributed by atoms with Crippen molar-refractivity contribution in [2.45, 2.75) is 52.1 Å². The number of hydrogen-bond acceptors (Lipinski definition) is 6. The normalized spacial score (nSPS) is 24.3. The summed E-state index contributed by atoms with van der Waals surface area (Å²) in [6.07, 6.45) is 7.25. The first-order valence-corrected chi connectivity index (χ1v) is 10.8. The molecule has 1 aliphatic carbocycles. The zero-order chi connectivity index (χ0) is 21.9. The molecular formula is C21H24B2N6O2. The Kier molecular flexibility index (Phi) is 4.50. The second-order valence-corrected chi connectivity index (χ2v) is 9.11. The van der Waals surface area contributed by atoms with Gasteiger partial charge in [-0.05, 0) is 37.2 Å². The van der Waals surface area contributed by atoms with Crippen molar-refractivity contribution in [3.8, 4) is 11.3 Å². The Morgan fingerprint density at radius 3 is 2.65 bits per heavy atom. The van der Waals surface area contributed by atoms with Crippen LogP contribution >= 0.6 is 0 Å². The molecule has 3 unspecified atom stereocenters. The number of amides is 1. The van der Waals surface area contributed by atoms with Crippen LogP contribution in [0.5, 0.6) is 0 Å². The first-order valence-electron chi connectivity index (χ1n) is 10.8. The first-order chi connectivity index (χ1) is 14.8. The summed E-state index contributed by atoms with van der Waals surface area (Å²) in [6.45, 7) is 5.70. The Hall–Kier alpha value is -3.03. The fourth-order valence-corrected chi connectivity index (χ4v) is 4.99. The Balaban J connectivity index is 1.50. The predicted molar refractivity (Wildman–Crippen MR) is 121 cm³/mol. The summed E-state index contributed by atoms with van der Waals surface area (Å²) in [5, 5.41) is 5.19. The van der Waals surface area contributed by atoms with Crippen LogP contribution < -0.4 is 0 Å². The van der Waals surface area contributed by atoms with Gasteiger partial charge in [0.05, 0.1) is 25.1 Å². The minimum Gasteiger partial charge on any atom is -0.343 e. The fraction of sp³-hybridized carbons (Fsp3) is 0.429. The van der Waals surface area contributed by atoms with Crippen molar-refractivity contribution in [1.29, 1.82) is 0 Å². The average Bonchev–Trinajstić information content (AvgIpc) is 3.12. The van der Waals surface area contributed by atoms with Gasteiger partial charge < -0.3 is 4.90 Å². The highest BCUT2D eigenvalue weighted by Gasteiger charge is 2.61. The van der Waals surface area contributed by atoms with E-state index in [2.05, 4.69) is 39.6 Å². The molecule has 3 atom stereocenters. The van der Waals surface area contributed by atoms with Crippen molar-refractivity contribution in [2.24, 2.45) is 5.41 Å². The molecule has 3 aromatic heterocycles. The van der Waals surface area contributed by atoms with Gasteiger partial charge in [-0.15, -0.1) is 0 Å². The Morgan fingerprint density at radius 1 is 1.23 bits per heavy atom. The summed E-state index contributed by atoms with van der Waals surface area (Å²) >= 11 is 0. The van der Waals surface area contributed by atoms with E-state index in [-0.39, 0.29) is 29.6 Å². The topological polar surface area (TPSA) is 93.9 Å². The number of rotatable bonds is 5. The standard InChI is InChI=1S/C21H24B2N6O2/c1-11(30)20-14-4-15(13-7-24-12(2)25-8-13)26-9-16(14)28(27-20)10-19(31)29-17-5-21(17,3)6-18(29)23-22/h4,7-9,17-18,23H,5-6,10,22H2,1-3H3. The quantitative estimate of drug-likeness (QED) is 0.451. The maximum Gasteiger partial charge on any atom is 0.244 e. The van der Waals surface area contributed by atoms with Crippen LogP contribution in [0.4, 0.5) is 0 Å². The summed E-state index contributed by atoms with van der Waals surface area (Å²) in [7, 11) is 3.09. The Labute approximate surface area is 182 Å². The lowest BCUT2D eigenvalue weighted by atomic mass is 9.49. The van der Waals surface area contributed by atoms with Gasteiger partial charge in [-0.1, -0.05) is 6.92 Å². The summed E-state index contributed by atoms with van der Waals surface area (Å²) in [6, 6.07) is 2.17. The number of likely N-dealkylation sites (tertiary alicyclic amines) is 1. The molecule has 2 fully saturated rings. The van der Waals surface area contributed by atoms with Crippen LogP contribution in [-0.2, 0) is 11.3 Å². The van der Waals surface area contributed by atoms with Crippen LogP contribution in [0.25, 0.3) is 22.2 Å². The van der Waals surface area contributed by atoms with Crippen molar-refractivity contribution in [1.82, 2.24) is 29.6 Å². The van der Waals surface area contributed by atoms with E-state index in [0.717, 1.165) is 25.6 Å². The third-order valence-electron chi connectivity index (χ3n) is 6.83. The number of hydrogen-bond donors (Lipinski definition) is 0. The van der Waals surface area contributed by atoms with E-state index in [1.807, 2.05) is 13.0 Å². The lowest BCUT2D eigenvalue weighted by Crippen LogP contribution is -2.43. The largest absolute Gasteiger partial charge is 0.343 e. The molecule has 156 valence electrons. The monoisotopic (exact) mass is 414 g/mol. The summed E-state index contributed by atoms with van der Waals surface area (Å²) in [5.74, 6) is 0.890. The van der Waals surface area contributed by atoms with Crippen molar-refractivity contribution >= 4 is 37.5 Å². The number of carbonyl (C=O) groups excluding carboxylic acids is 2. The number of fused-ring (bicyclic) bond motifs is 2. The number of Topliss-reactive ketones (excluding diaryl/α,β-unsaturated/α-hetero) is 1. The molecule has 8 nitrogen and oxygen atoms in total. The molecule has 1 amide bonds. The van der Waals surface area contributed by atoms with Crippen molar-refractivity contribution < 1.29 is 9.59 Å². The van der Waals surface area contributed by atoms with E-state index in [0.29, 0.717) is 34.2 Å². The Bertz CT molecular complexity index is 1210. The number of piperidine rings is 1. The number of ketones is 1. The van der Waals surface area contributed by atoms with E-state index in [9.17, 15) is 9.59 Å². The van der Waals surface area contributed by atoms with Gasteiger partial charge in [-0.2, -0.15) is 5.10 Å². The van der Waals surface area contributed by atoms with Crippen molar-refractivity contribution in [3.63, 3.8) is 0 Å². The number of pyridine rings is 1. The predicted octanol–water partition coefficient (Wildman–Crippen LogP) is 0.721. The highest BCUT2D eigenvalue weighted by molar-refractivity contribution is 6.90. The molecule has 10 heteroatoms. The molecule has 0 radical (unpaired) electrons. The van der Waals surface area contributed by atoms with Gasteiger partial charge in [-0.3, -0.25) is 19.3 Å². The highest BCUT2D eigenvalue weighted by Crippen LogP contribution is 2.58. The smallest absolute Gasteiger partial charge is 0.244 e. The number of aryl methyl sites for hydroxylation is 1. The van der Waals surface area contributed by atoms with Crippen LogP contribution in [0.15, 0.2) is 24.7 Å². The molecular weight excluding hydrogens is 390 g/mol. The molecule has 5 rings (SSSR count). The molecule has 0 N–H and O–H groups in total. The van der Waals surface area contributed by atoms with Crippen LogP contribution in [0.1, 0.15) is 43.0 Å². The molecule has 1 aliphatic heterocycles. The van der Waals surface area contributed by atoms with Gasteiger partial charge >= 0.3 is 0 Å². The van der Waals surface area contributed by atoms with Crippen LogP contribution in [0, 0.1) is 12.3 Å². The van der Waals surface area contributed by atoms with Gasteiger partial charge in [0, 0.05) is 36.3 Å². The van der Waals surface area contributed by atoms with E-state index in [4.69, 9.17) is 0 Å². The summed E-state index contributed by atoms with van der Waals surface area (Å²) in [4.78, 5) is 40.6. The van der Waals surface area contributed by atoms with Gasteiger partial charge in [0.1, 0.15) is 25.2 Å². The average molecular weight is 414 g/mol. The third-order valence-corrected chi connectivity index (χ3v) is 6.83. The van der Waals surface area contributed by atoms with Crippen LogP contribution in [0.3, 0.4) is 0 Å². The minimum atomic E-state index is -0.143. The SMILES string of the molecule is BBC1CC2(C)CC2N1C(=O)Cn1nc(C(C)=O)c2cc(-c3cnc(C)nc3)ncc21. The molecule has 3 aromatic rings. The second-order valence-electron chi connectivity index (χ2n) is 9.11. The van der Waals surface area contributed by atoms with Crippen molar-refractivity contribution in [3.05, 3.63) is 36.2 Å². The van der Waals surface area contributed by atoms with Gasteiger partial charge in [0.25, 0.3) is 0 Å². The van der Waals surface area contributed by atoms with Crippen molar-refractivity contribution in [2.75, 3.05) is 0 Å². The lowest BCUT2D eigenvalue weighted by molar-refractivity contribution is -0.132. The van der Waals surface area contributed by atoms with E-state index in [1.54, 1.807) is 23.3 Å². The highest BCUT2D eigenvalue weighted by atomic mass is 16.2. The number of aromatic nitrogens is 5. The number of nitrogens with zero attached hydrogens (tertiary/aromatic N) is 6. The van der Waals surface area contributed by atoms with Gasteiger partial charge in [-0.25, -0.2) is 9.97 Å². The molecule has 0 spiro atoms. The van der Waals surface area contributed by atoms with E-state index >= 15 is 0 Å². The van der Waals surface area contributed by atoms with Gasteiger partial charge in [0.2, 0.25) is 5.91 Å². The third kappa shape index (κ3) is 3.25. The molecule has 1 saturated carbocycles. The molecule has 1 saturated heterocycles. The zero-order valence-corrected chi connectivity index (χ0v) is 18.3. The van der Waals surface area contributed by atoms with Crippen LogP contribution in [-0.4, -0.2) is 68.2 Å². The molecule has 4 heterocycles. The molecule has 0 aromatic carbocycles.